The summed E-state index contributed by atoms with van der Waals surface area (Å²) in [5.41, 5.74) is 0. The average molecular weight is 338 g/mol. The molecule has 1 aliphatic heterocycles. The van der Waals surface area contributed by atoms with Gasteiger partial charge in [-0.2, -0.15) is 0 Å². The predicted molar refractivity (Wildman–Crippen MR) is 94.3 cm³/mol. The van der Waals surface area contributed by atoms with E-state index in [-0.39, 0.29) is 29.7 Å². The van der Waals surface area contributed by atoms with Crippen LogP contribution in [0.2, 0.25) is 0 Å². The molecule has 0 unspecified atom stereocenters. The third-order valence-electron chi connectivity index (χ3n) is 5.90. The lowest BCUT2D eigenvalue weighted by molar-refractivity contribution is -0.146. The van der Waals surface area contributed by atoms with Gasteiger partial charge in [0.2, 0.25) is 5.91 Å². The van der Waals surface area contributed by atoms with Crippen LogP contribution in [0, 0.1) is 17.8 Å². The molecule has 2 rings (SSSR count). The molecule has 1 saturated heterocycles. The molecule has 0 aromatic rings. The lowest BCUT2D eigenvalue weighted by Gasteiger charge is -2.35. The molecule has 2 amide bonds. The molecule has 2 N–H and O–H groups in total. The number of hydrogen-bond donors (Lipinski definition) is 2. The van der Waals surface area contributed by atoms with Crippen LogP contribution in [0.3, 0.4) is 0 Å². The number of hydrogen-bond acceptors (Lipinski definition) is 3. The van der Waals surface area contributed by atoms with Crippen molar-refractivity contribution in [2.24, 2.45) is 17.8 Å². The summed E-state index contributed by atoms with van der Waals surface area (Å²) in [5.74, 6) is 0.509. The van der Waals surface area contributed by atoms with Gasteiger partial charge in [0.05, 0.1) is 0 Å². The molecule has 0 radical (unpaired) electrons. The second-order valence-electron chi connectivity index (χ2n) is 7.98. The maximum absolute atomic E-state index is 12.5. The molecular weight excluding hydrogens is 304 g/mol. The lowest BCUT2D eigenvalue weighted by Crippen LogP contribution is -2.49. The van der Waals surface area contributed by atoms with Crippen molar-refractivity contribution in [2.75, 3.05) is 13.1 Å². The fourth-order valence-electron chi connectivity index (χ4n) is 3.71. The number of aliphatic hydroxyl groups excluding tert-OH is 1. The van der Waals surface area contributed by atoms with Gasteiger partial charge in [-0.3, -0.25) is 9.59 Å². The van der Waals surface area contributed by atoms with E-state index in [1.165, 1.54) is 6.42 Å². The Bertz CT molecular complexity index is 424. The van der Waals surface area contributed by atoms with Crippen LogP contribution in [-0.4, -0.2) is 47.1 Å². The van der Waals surface area contributed by atoms with E-state index in [1.54, 1.807) is 4.90 Å². The van der Waals surface area contributed by atoms with Crippen molar-refractivity contribution in [1.82, 2.24) is 10.2 Å². The molecule has 0 aromatic heterocycles. The smallest absolute Gasteiger partial charge is 0.251 e. The second kappa shape index (κ2) is 8.84. The van der Waals surface area contributed by atoms with E-state index in [9.17, 15) is 14.7 Å². The van der Waals surface area contributed by atoms with Gasteiger partial charge in [-0.25, -0.2) is 0 Å². The van der Waals surface area contributed by atoms with Crippen LogP contribution in [0.15, 0.2) is 0 Å². The number of piperidine rings is 1. The minimum absolute atomic E-state index is 0.0120. The van der Waals surface area contributed by atoms with Gasteiger partial charge in [0.25, 0.3) is 5.91 Å². The molecule has 1 saturated carbocycles. The zero-order valence-electron chi connectivity index (χ0n) is 15.5. The van der Waals surface area contributed by atoms with E-state index in [1.807, 2.05) is 6.92 Å². The summed E-state index contributed by atoms with van der Waals surface area (Å²) in [6.07, 6.45) is 5.90. The molecule has 0 bridgehead atoms. The van der Waals surface area contributed by atoms with Crippen LogP contribution in [0.4, 0.5) is 0 Å². The van der Waals surface area contributed by atoms with Crippen LogP contribution in [0.1, 0.15) is 65.7 Å². The van der Waals surface area contributed by atoms with Crippen LogP contribution in [0.25, 0.3) is 0 Å². The maximum Gasteiger partial charge on any atom is 0.251 e. The second-order valence-corrected chi connectivity index (χ2v) is 7.98. The number of carbonyl (C=O) groups excluding carboxylic acids is 2. The van der Waals surface area contributed by atoms with E-state index in [4.69, 9.17) is 0 Å². The van der Waals surface area contributed by atoms with Crippen LogP contribution >= 0.6 is 0 Å². The predicted octanol–water partition coefficient (Wildman–Crippen LogP) is 2.33. The summed E-state index contributed by atoms with van der Waals surface area (Å²) in [6, 6.07) is 0.172. The van der Waals surface area contributed by atoms with E-state index >= 15 is 0 Å². The zero-order chi connectivity index (χ0) is 17.7. The molecule has 5 nitrogen and oxygen atoms in total. The van der Waals surface area contributed by atoms with E-state index in [0.717, 1.165) is 25.7 Å². The van der Waals surface area contributed by atoms with Crippen molar-refractivity contribution in [1.29, 1.82) is 0 Å². The topological polar surface area (TPSA) is 69.6 Å². The number of nitrogens with zero attached hydrogens (tertiary/aromatic N) is 1. The Morgan fingerprint density at radius 2 is 1.58 bits per heavy atom. The first-order chi connectivity index (χ1) is 11.4. The summed E-state index contributed by atoms with van der Waals surface area (Å²) < 4.78 is 0. The maximum atomic E-state index is 12.5. The summed E-state index contributed by atoms with van der Waals surface area (Å²) in [4.78, 5) is 26.6. The highest BCUT2D eigenvalue weighted by molar-refractivity contribution is 5.82. The quantitative estimate of drug-likeness (QED) is 0.808. The molecular formula is C19H34N2O3. The summed E-state index contributed by atoms with van der Waals surface area (Å²) >= 11 is 0. The fraction of sp³-hybridized carbons (Fsp3) is 0.895. The van der Waals surface area contributed by atoms with Crippen molar-refractivity contribution < 1.29 is 14.7 Å². The highest BCUT2D eigenvalue weighted by Crippen LogP contribution is 2.28. The number of amides is 2. The van der Waals surface area contributed by atoms with Crippen molar-refractivity contribution in [2.45, 2.75) is 77.9 Å². The SMILES string of the molecule is CC(C)[C@H](C)NC(=O)C1CCN(C(=O)[C@H](O)C2CCCCC2)CC1. The standard InChI is InChI=1S/C19H34N2O3/c1-13(2)14(3)20-18(23)16-9-11-21(12-10-16)19(24)17(22)15-7-5-4-6-8-15/h13-17,22H,4-12H2,1-3H3,(H,20,23)/t14-,17+/m0/s1. The lowest BCUT2D eigenvalue weighted by atomic mass is 9.84. The highest BCUT2D eigenvalue weighted by atomic mass is 16.3. The molecule has 5 heteroatoms. The van der Waals surface area contributed by atoms with E-state index in [0.29, 0.717) is 31.8 Å². The molecule has 2 aliphatic rings. The molecule has 24 heavy (non-hydrogen) atoms. The molecule has 1 heterocycles. The van der Waals surface area contributed by atoms with Gasteiger partial charge in [0.1, 0.15) is 6.10 Å². The van der Waals surface area contributed by atoms with E-state index in [2.05, 4.69) is 19.2 Å². The number of likely N-dealkylation sites (tertiary alicyclic amines) is 1. The Morgan fingerprint density at radius 3 is 2.12 bits per heavy atom. The third kappa shape index (κ3) is 4.95. The van der Waals surface area contributed by atoms with Gasteiger partial charge in [0.15, 0.2) is 0 Å². The van der Waals surface area contributed by atoms with Gasteiger partial charge in [-0.15, -0.1) is 0 Å². The van der Waals surface area contributed by atoms with Crippen molar-refractivity contribution in [3.63, 3.8) is 0 Å². The normalized spacial score (nSPS) is 23.1. The Labute approximate surface area is 146 Å². The first kappa shape index (κ1) is 19.2. The molecule has 0 spiro atoms. The zero-order valence-corrected chi connectivity index (χ0v) is 15.5. The molecule has 138 valence electrons. The van der Waals surface area contributed by atoms with Gasteiger partial charge in [0, 0.05) is 25.0 Å². The molecule has 1 aliphatic carbocycles. The van der Waals surface area contributed by atoms with Gasteiger partial charge >= 0.3 is 0 Å². The summed E-state index contributed by atoms with van der Waals surface area (Å²) in [7, 11) is 0. The van der Waals surface area contributed by atoms with Crippen LogP contribution in [-0.2, 0) is 9.59 Å². The van der Waals surface area contributed by atoms with Crippen molar-refractivity contribution >= 4 is 11.8 Å². The van der Waals surface area contributed by atoms with Gasteiger partial charge in [-0.1, -0.05) is 33.1 Å². The van der Waals surface area contributed by atoms with Crippen LogP contribution in [0.5, 0.6) is 0 Å². The minimum Gasteiger partial charge on any atom is -0.383 e. The minimum atomic E-state index is -0.850. The van der Waals surface area contributed by atoms with E-state index < -0.39 is 6.10 Å². The monoisotopic (exact) mass is 338 g/mol. The summed E-state index contributed by atoms with van der Waals surface area (Å²) in [6.45, 7) is 7.38. The first-order valence-corrected chi connectivity index (χ1v) is 9.67. The number of aliphatic hydroxyl groups is 1. The molecule has 2 fully saturated rings. The first-order valence-electron chi connectivity index (χ1n) is 9.67. The van der Waals surface area contributed by atoms with Gasteiger partial charge < -0.3 is 15.3 Å². The number of nitrogens with one attached hydrogen (secondary N) is 1. The summed E-state index contributed by atoms with van der Waals surface area (Å²) in [5, 5.41) is 13.5. The Balaban J connectivity index is 1.79. The Kier molecular flexibility index (Phi) is 7.08. The third-order valence-corrected chi connectivity index (χ3v) is 5.90. The van der Waals surface area contributed by atoms with Crippen molar-refractivity contribution in [3.8, 4) is 0 Å². The number of rotatable bonds is 5. The highest BCUT2D eigenvalue weighted by Gasteiger charge is 2.34. The average Bonchev–Trinajstić information content (AvgIpc) is 2.61. The molecule has 0 aromatic carbocycles. The Morgan fingerprint density at radius 1 is 1.00 bits per heavy atom. The molecule has 2 atom stereocenters. The van der Waals surface area contributed by atoms with Gasteiger partial charge in [-0.05, 0) is 44.4 Å². The largest absolute Gasteiger partial charge is 0.383 e. The number of carbonyl (C=O) groups is 2. The van der Waals surface area contributed by atoms with Crippen molar-refractivity contribution in [3.05, 3.63) is 0 Å². The Hall–Kier alpha value is -1.10. The van der Waals surface area contributed by atoms with Crippen LogP contribution < -0.4 is 5.32 Å². The fourth-order valence-corrected chi connectivity index (χ4v) is 3.71.